The Morgan fingerprint density at radius 2 is 2.20 bits per heavy atom. The van der Waals surface area contributed by atoms with Gasteiger partial charge in [0.15, 0.2) is 0 Å². The maximum Gasteiger partial charge on any atom is 0.335 e. The van der Waals surface area contributed by atoms with E-state index in [2.05, 4.69) is 15.3 Å². The maximum atomic E-state index is 11.0. The van der Waals surface area contributed by atoms with Crippen LogP contribution in [-0.4, -0.2) is 28.2 Å². The van der Waals surface area contributed by atoms with Crippen molar-refractivity contribution < 1.29 is 14.6 Å². The van der Waals surface area contributed by atoms with Gasteiger partial charge >= 0.3 is 5.97 Å². The topological polar surface area (TPSA) is 84.3 Å². The van der Waals surface area contributed by atoms with Crippen LogP contribution in [0.25, 0.3) is 0 Å². The monoisotopic (exact) mass is 273 g/mol. The number of aromatic nitrogens is 2. The molecule has 0 aliphatic carbocycles. The molecule has 104 valence electrons. The second-order valence-electron chi connectivity index (χ2n) is 4.25. The molecular weight excluding hydrogens is 258 g/mol. The van der Waals surface area contributed by atoms with Gasteiger partial charge in [-0.05, 0) is 24.6 Å². The molecule has 0 unspecified atom stereocenters. The summed E-state index contributed by atoms with van der Waals surface area (Å²) >= 11 is 0. The van der Waals surface area contributed by atoms with Crippen molar-refractivity contribution in [3.8, 4) is 5.88 Å². The predicted molar refractivity (Wildman–Crippen MR) is 74.0 cm³/mol. The molecule has 0 bridgehead atoms. The molecule has 0 aliphatic rings. The van der Waals surface area contributed by atoms with Gasteiger partial charge in [0.05, 0.1) is 12.7 Å². The number of carbonyl (C=O) groups is 1. The van der Waals surface area contributed by atoms with Crippen LogP contribution in [-0.2, 0) is 6.54 Å². The molecule has 0 radical (unpaired) electrons. The van der Waals surface area contributed by atoms with Crippen LogP contribution in [0.5, 0.6) is 5.88 Å². The number of rotatable bonds is 5. The number of nitrogens with one attached hydrogen (secondary N) is 1. The lowest BCUT2D eigenvalue weighted by Crippen LogP contribution is -2.05. The number of nitrogens with zero attached hydrogens (tertiary/aromatic N) is 2. The molecule has 2 heterocycles. The molecule has 2 N–H and O–H groups in total. The highest BCUT2D eigenvalue weighted by Crippen LogP contribution is 2.12. The van der Waals surface area contributed by atoms with Crippen molar-refractivity contribution >= 4 is 11.8 Å². The smallest absolute Gasteiger partial charge is 0.335 e. The number of methoxy groups -OCH3 is 1. The first-order chi connectivity index (χ1) is 9.58. The van der Waals surface area contributed by atoms with Gasteiger partial charge in [-0.2, -0.15) is 0 Å². The number of hydrogen-bond donors (Lipinski definition) is 2. The van der Waals surface area contributed by atoms with Crippen LogP contribution >= 0.6 is 0 Å². The lowest BCUT2D eigenvalue weighted by molar-refractivity contribution is 0.0696. The van der Waals surface area contributed by atoms with Crippen LogP contribution in [0.1, 0.15) is 21.6 Å². The zero-order valence-corrected chi connectivity index (χ0v) is 11.3. The van der Waals surface area contributed by atoms with Gasteiger partial charge in [0.1, 0.15) is 5.82 Å². The van der Waals surface area contributed by atoms with Crippen molar-refractivity contribution in [2.45, 2.75) is 13.5 Å². The van der Waals surface area contributed by atoms with E-state index in [1.165, 1.54) is 12.1 Å². The molecule has 6 heteroatoms. The highest BCUT2D eigenvalue weighted by molar-refractivity contribution is 5.88. The summed E-state index contributed by atoms with van der Waals surface area (Å²) in [6, 6.07) is 6.69. The first-order valence-electron chi connectivity index (χ1n) is 6.03. The molecular formula is C14H15N3O3. The number of ether oxygens (including phenoxy) is 1. The summed E-state index contributed by atoms with van der Waals surface area (Å²) in [5, 5.41) is 12.1. The molecule has 6 nitrogen and oxygen atoms in total. The van der Waals surface area contributed by atoms with E-state index < -0.39 is 5.97 Å². The van der Waals surface area contributed by atoms with Crippen molar-refractivity contribution in [1.82, 2.24) is 9.97 Å². The number of pyridine rings is 2. The molecule has 0 spiro atoms. The summed E-state index contributed by atoms with van der Waals surface area (Å²) in [6.07, 6.45) is 1.69. The van der Waals surface area contributed by atoms with Crippen molar-refractivity contribution in [3.05, 3.63) is 47.3 Å². The van der Waals surface area contributed by atoms with Gasteiger partial charge < -0.3 is 15.2 Å². The summed E-state index contributed by atoms with van der Waals surface area (Å²) < 4.78 is 4.98. The van der Waals surface area contributed by atoms with E-state index in [4.69, 9.17) is 9.84 Å². The molecule has 2 rings (SSSR count). The summed E-state index contributed by atoms with van der Waals surface area (Å²) in [7, 11) is 1.56. The molecule has 0 fully saturated rings. The Bertz CT molecular complexity index is 612. The van der Waals surface area contributed by atoms with E-state index in [0.717, 1.165) is 5.56 Å². The van der Waals surface area contributed by atoms with Crippen LogP contribution < -0.4 is 10.1 Å². The fourth-order valence-corrected chi connectivity index (χ4v) is 1.71. The first-order valence-corrected chi connectivity index (χ1v) is 6.03. The third-order valence-electron chi connectivity index (χ3n) is 2.68. The number of aryl methyl sites for hydroxylation is 1. The van der Waals surface area contributed by atoms with E-state index in [-0.39, 0.29) is 5.56 Å². The quantitative estimate of drug-likeness (QED) is 0.868. The van der Waals surface area contributed by atoms with E-state index in [0.29, 0.717) is 23.9 Å². The summed E-state index contributed by atoms with van der Waals surface area (Å²) in [6.45, 7) is 2.26. The van der Waals surface area contributed by atoms with Crippen molar-refractivity contribution in [3.63, 3.8) is 0 Å². The number of anilines is 1. The zero-order valence-electron chi connectivity index (χ0n) is 11.3. The van der Waals surface area contributed by atoms with Crippen LogP contribution in [0.4, 0.5) is 5.82 Å². The Morgan fingerprint density at radius 3 is 2.80 bits per heavy atom. The van der Waals surface area contributed by atoms with Gasteiger partial charge in [-0.1, -0.05) is 6.07 Å². The second-order valence-corrected chi connectivity index (χ2v) is 4.25. The summed E-state index contributed by atoms with van der Waals surface area (Å²) in [5.41, 5.74) is 1.82. The third kappa shape index (κ3) is 3.44. The fraction of sp³-hybridized carbons (Fsp3) is 0.214. The van der Waals surface area contributed by atoms with E-state index in [1.54, 1.807) is 26.3 Å². The zero-order chi connectivity index (χ0) is 14.5. The summed E-state index contributed by atoms with van der Waals surface area (Å²) in [4.78, 5) is 19.3. The maximum absolute atomic E-state index is 11.0. The molecule has 0 saturated carbocycles. The van der Waals surface area contributed by atoms with Gasteiger partial charge in [-0.3, -0.25) is 0 Å². The van der Waals surface area contributed by atoms with Crippen LogP contribution in [0.2, 0.25) is 0 Å². The van der Waals surface area contributed by atoms with E-state index in [1.807, 2.05) is 6.07 Å². The SMILES string of the molecule is COc1ccc(CNc2cc(C(=O)O)cc(C)n2)cn1. The molecule has 20 heavy (non-hydrogen) atoms. The minimum atomic E-state index is -0.968. The number of hydrogen-bond acceptors (Lipinski definition) is 5. The lowest BCUT2D eigenvalue weighted by atomic mass is 10.2. The average Bonchev–Trinajstić information content (AvgIpc) is 2.45. The van der Waals surface area contributed by atoms with Crippen LogP contribution in [0.3, 0.4) is 0 Å². The van der Waals surface area contributed by atoms with Crippen LogP contribution in [0, 0.1) is 6.92 Å². The Labute approximate surface area is 116 Å². The number of aromatic carboxylic acids is 1. The third-order valence-corrected chi connectivity index (χ3v) is 2.68. The largest absolute Gasteiger partial charge is 0.481 e. The average molecular weight is 273 g/mol. The minimum Gasteiger partial charge on any atom is -0.481 e. The highest BCUT2D eigenvalue weighted by Gasteiger charge is 2.06. The van der Waals surface area contributed by atoms with Crippen molar-refractivity contribution in [2.24, 2.45) is 0 Å². The summed E-state index contributed by atoms with van der Waals surface area (Å²) in [5.74, 6) is 0.110. The molecule has 2 aromatic rings. The Balaban J connectivity index is 2.08. The number of carboxylic acids is 1. The molecule has 0 amide bonds. The number of carboxylic acid groups (broad SMARTS) is 1. The second kappa shape index (κ2) is 6.01. The highest BCUT2D eigenvalue weighted by atomic mass is 16.5. The Kier molecular flexibility index (Phi) is 4.14. The normalized spacial score (nSPS) is 10.1. The standard InChI is InChI=1S/C14H15N3O3/c1-9-5-11(14(18)19)6-12(17-9)15-7-10-3-4-13(20-2)16-8-10/h3-6,8H,7H2,1-2H3,(H,15,17)(H,18,19). The first kappa shape index (κ1) is 13.8. The predicted octanol–water partition coefficient (Wildman–Crippen LogP) is 2.10. The molecule has 2 aromatic heterocycles. The van der Waals surface area contributed by atoms with E-state index in [9.17, 15) is 4.79 Å². The van der Waals surface area contributed by atoms with Gasteiger partial charge in [0.25, 0.3) is 0 Å². The lowest BCUT2D eigenvalue weighted by Gasteiger charge is -2.08. The van der Waals surface area contributed by atoms with E-state index >= 15 is 0 Å². The Morgan fingerprint density at radius 1 is 1.40 bits per heavy atom. The van der Waals surface area contributed by atoms with Gasteiger partial charge in [-0.15, -0.1) is 0 Å². The molecule has 0 atom stereocenters. The molecule has 0 aliphatic heterocycles. The van der Waals surface area contributed by atoms with Crippen molar-refractivity contribution in [2.75, 3.05) is 12.4 Å². The molecule has 0 saturated heterocycles. The van der Waals surface area contributed by atoms with Crippen LogP contribution in [0.15, 0.2) is 30.5 Å². The minimum absolute atomic E-state index is 0.216. The van der Waals surface area contributed by atoms with Gasteiger partial charge in [0.2, 0.25) is 5.88 Å². The molecule has 0 aromatic carbocycles. The fourth-order valence-electron chi connectivity index (χ4n) is 1.71. The Hall–Kier alpha value is -2.63. The van der Waals surface area contributed by atoms with Gasteiger partial charge in [-0.25, -0.2) is 14.8 Å². The van der Waals surface area contributed by atoms with Gasteiger partial charge in [0, 0.05) is 24.5 Å². The van der Waals surface area contributed by atoms with Crippen molar-refractivity contribution in [1.29, 1.82) is 0 Å².